The Morgan fingerprint density at radius 1 is 0.413 bits per heavy atom. The zero-order valence-corrected chi connectivity index (χ0v) is 24.3. The molecule has 0 unspecified atom stereocenters. The highest BCUT2D eigenvalue weighted by Crippen LogP contribution is 2.23. The van der Waals surface area contributed by atoms with Gasteiger partial charge in [0.25, 0.3) is 0 Å². The third kappa shape index (κ3) is 11.6. The molecular formula is C24H48O22. The normalized spacial score (nSPS) is 37.2. The van der Waals surface area contributed by atoms with Crippen LogP contribution in [0.5, 0.6) is 0 Å². The topological polar surface area (TPSA) is 401 Å². The van der Waals surface area contributed by atoms with E-state index in [2.05, 4.69) is 0 Å². The van der Waals surface area contributed by atoms with Crippen molar-refractivity contribution in [2.24, 2.45) is 0 Å². The first-order chi connectivity index (χ1) is 21.5. The molecule has 22 heteroatoms. The van der Waals surface area contributed by atoms with E-state index >= 15 is 0 Å². The third-order valence-electron chi connectivity index (χ3n) is 7.21. The molecule has 0 saturated carbocycles. The zero-order valence-electron chi connectivity index (χ0n) is 24.3. The lowest BCUT2D eigenvalue weighted by Crippen LogP contribution is -2.59. The summed E-state index contributed by atoms with van der Waals surface area (Å²) in [5.41, 5.74) is 0. The minimum atomic E-state index is -1.86. The molecule has 18 atom stereocenters. The minimum Gasteiger partial charge on any atom is -0.394 e. The molecule has 2 aliphatic rings. The smallest absolute Gasteiger partial charge is 0.186 e. The maximum Gasteiger partial charge on any atom is 0.186 e. The van der Waals surface area contributed by atoms with Gasteiger partial charge in [-0.1, -0.05) is 0 Å². The first kappa shape index (κ1) is 43.1. The van der Waals surface area contributed by atoms with Gasteiger partial charge in [0.05, 0.1) is 39.6 Å². The monoisotopic (exact) mass is 688 g/mol. The molecule has 0 radical (unpaired) electrons. The van der Waals surface area contributed by atoms with Gasteiger partial charge in [-0.05, 0) is 0 Å². The molecule has 0 amide bonds. The van der Waals surface area contributed by atoms with Gasteiger partial charge in [0, 0.05) is 0 Å². The summed E-state index contributed by atoms with van der Waals surface area (Å²) in [6.45, 7) is -4.32. The molecule has 2 fully saturated rings. The van der Waals surface area contributed by atoms with Gasteiger partial charge >= 0.3 is 0 Å². The molecule has 2 aliphatic heterocycles. The number of aliphatic hydroxyl groups excluding tert-OH is 18. The van der Waals surface area contributed by atoms with Crippen LogP contribution < -0.4 is 0 Å². The predicted molar refractivity (Wildman–Crippen MR) is 142 cm³/mol. The third-order valence-corrected chi connectivity index (χ3v) is 7.21. The van der Waals surface area contributed by atoms with Crippen LogP contribution in [0.25, 0.3) is 0 Å². The Morgan fingerprint density at radius 3 is 0.957 bits per heavy atom. The fourth-order valence-corrected chi connectivity index (χ4v) is 4.12. The SMILES string of the molecule is OC[C@@H](O)[C@@H](O)[C@H](O)[C@H](O)CO[C@H]1O[C@H](CO)[C@@H](O)[C@H](O)[C@H]1O.OC[C@@H](O)[C@H](O)[C@H](O)[C@H](O)CO[C@H]1O[C@H](CO)[C@@H](O)[C@H](O)[C@H]1O. The summed E-state index contributed by atoms with van der Waals surface area (Å²) in [6.07, 6.45) is -29.4. The first-order valence-electron chi connectivity index (χ1n) is 14.0. The van der Waals surface area contributed by atoms with Crippen molar-refractivity contribution in [3.63, 3.8) is 0 Å². The van der Waals surface area contributed by atoms with Crippen molar-refractivity contribution in [3.8, 4) is 0 Å². The lowest BCUT2D eigenvalue weighted by atomic mass is 9.99. The number of rotatable bonds is 16. The lowest BCUT2D eigenvalue weighted by molar-refractivity contribution is -0.306. The fourth-order valence-electron chi connectivity index (χ4n) is 4.12. The van der Waals surface area contributed by atoms with E-state index in [1.54, 1.807) is 0 Å². The summed E-state index contributed by atoms with van der Waals surface area (Å²) in [5.74, 6) is 0. The molecule has 0 aromatic rings. The van der Waals surface area contributed by atoms with Crippen LogP contribution in [0.15, 0.2) is 0 Å². The Bertz CT molecular complexity index is 746. The van der Waals surface area contributed by atoms with E-state index in [4.69, 9.17) is 39.4 Å². The van der Waals surface area contributed by atoms with Gasteiger partial charge in [0.1, 0.15) is 97.7 Å². The van der Waals surface area contributed by atoms with Crippen molar-refractivity contribution in [1.82, 2.24) is 0 Å². The highest BCUT2D eigenvalue weighted by Gasteiger charge is 2.46. The van der Waals surface area contributed by atoms with E-state index < -0.39 is 150 Å². The van der Waals surface area contributed by atoms with Crippen LogP contribution in [0, 0.1) is 0 Å². The van der Waals surface area contributed by atoms with Crippen molar-refractivity contribution in [1.29, 1.82) is 0 Å². The second-order valence-electron chi connectivity index (χ2n) is 10.7. The maximum atomic E-state index is 9.70. The molecule has 0 aromatic heterocycles. The van der Waals surface area contributed by atoms with E-state index in [1.807, 2.05) is 0 Å². The maximum absolute atomic E-state index is 9.70. The second-order valence-corrected chi connectivity index (χ2v) is 10.7. The zero-order chi connectivity index (χ0) is 35.5. The number of hydrogen-bond donors (Lipinski definition) is 18. The molecule has 2 saturated heterocycles. The van der Waals surface area contributed by atoms with E-state index in [0.29, 0.717) is 0 Å². The Labute approximate surface area is 261 Å². The van der Waals surface area contributed by atoms with Gasteiger partial charge in [-0.25, -0.2) is 0 Å². The van der Waals surface area contributed by atoms with Gasteiger partial charge in [0.2, 0.25) is 0 Å². The first-order valence-corrected chi connectivity index (χ1v) is 14.0. The average Bonchev–Trinajstić information content (AvgIpc) is 3.06. The molecule has 0 aliphatic carbocycles. The standard InChI is InChI=1S/2C12H24O11/c2*13-1-4(15)7(17)8(18)5(16)3-22-12-11(21)10(20)9(19)6(2-14)23-12/h2*4-21H,1-3H2/t4-,5-,6-,7+,8-,9-,10+,11-,12+;4-,5-,6-,7-,8-,9-,10+,11-,12+/m11/s1. The molecule has 2 rings (SSSR count). The van der Waals surface area contributed by atoms with Gasteiger partial charge in [-0.3, -0.25) is 0 Å². The summed E-state index contributed by atoms with van der Waals surface area (Å²) >= 11 is 0. The van der Waals surface area contributed by atoms with Crippen molar-refractivity contribution < 1.29 is 111 Å². The van der Waals surface area contributed by atoms with Crippen molar-refractivity contribution >= 4 is 0 Å². The van der Waals surface area contributed by atoms with Crippen LogP contribution in [0.4, 0.5) is 0 Å². The van der Waals surface area contributed by atoms with E-state index in [1.165, 1.54) is 0 Å². The molecule has 18 N–H and O–H groups in total. The summed E-state index contributed by atoms with van der Waals surface area (Å²) < 4.78 is 20.0. The largest absolute Gasteiger partial charge is 0.394 e. The molecule has 46 heavy (non-hydrogen) atoms. The minimum absolute atomic E-state index is 0.655. The van der Waals surface area contributed by atoms with E-state index in [0.717, 1.165) is 0 Å². The summed E-state index contributed by atoms with van der Waals surface area (Å²) in [7, 11) is 0. The van der Waals surface area contributed by atoms with Crippen molar-refractivity contribution in [2.75, 3.05) is 39.6 Å². The molecule has 0 spiro atoms. The summed E-state index contributed by atoms with van der Waals surface area (Å²) in [6, 6.07) is 0. The molecule has 22 nitrogen and oxygen atoms in total. The van der Waals surface area contributed by atoms with Crippen LogP contribution in [-0.2, 0) is 18.9 Å². The average molecular weight is 689 g/mol. The van der Waals surface area contributed by atoms with Crippen LogP contribution >= 0.6 is 0 Å². The Hall–Kier alpha value is -0.880. The van der Waals surface area contributed by atoms with Crippen molar-refractivity contribution in [2.45, 2.75) is 110 Å². The highest BCUT2D eigenvalue weighted by molar-refractivity contribution is 4.90. The van der Waals surface area contributed by atoms with Gasteiger partial charge in [0.15, 0.2) is 12.6 Å². The molecule has 0 bridgehead atoms. The number of aliphatic hydroxyl groups is 18. The lowest BCUT2D eigenvalue weighted by Gasteiger charge is -2.40. The highest BCUT2D eigenvalue weighted by atomic mass is 16.7. The Kier molecular flexibility index (Phi) is 19.3. The molecular weight excluding hydrogens is 640 g/mol. The Balaban J connectivity index is 0.000000460. The second kappa shape index (κ2) is 20.6. The number of hydrogen-bond acceptors (Lipinski definition) is 22. The van der Waals surface area contributed by atoms with E-state index in [9.17, 15) is 71.5 Å². The van der Waals surface area contributed by atoms with Crippen LogP contribution in [0.1, 0.15) is 0 Å². The quantitative estimate of drug-likeness (QED) is 0.0715. The molecule has 2 heterocycles. The van der Waals surface area contributed by atoms with Gasteiger partial charge in [-0.15, -0.1) is 0 Å². The molecule has 276 valence electrons. The van der Waals surface area contributed by atoms with Crippen molar-refractivity contribution in [3.05, 3.63) is 0 Å². The van der Waals surface area contributed by atoms with E-state index in [-0.39, 0.29) is 0 Å². The Morgan fingerprint density at radius 2 is 0.696 bits per heavy atom. The van der Waals surface area contributed by atoms with Gasteiger partial charge in [-0.2, -0.15) is 0 Å². The van der Waals surface area contributed by atoms with Crippen LogP contribution in [0.3, 0.4) is 0 Å². The van der Waals surface area contributed by atoms with Crippen LogP contribution in [0.2, 0.25) is 0 Å². The molecule has 0 aromatic carbocycles. The summed E-state index contributed by atoms with van der Waals surface area (Å²) in [5, 5.41) is 169. The van der Waals surface area contributed by atoms with Crippen LogP contribution in [-0.4, -0.2) is 242 Å². The summed E-state index contributed by atoms with van der Waals surface area (Å²) in [4.78, 5) is 0. The number of ether oxygens (including phenoxy) is 4. The fraction of sp³-hybridized carbons (Fsp3) is 1.00. The predicted octanol–water partition coefficient (Wildman–Crippen LogP) is -11.5. The van der Waals surface area contributed by atoms with Gasteiger partial charge < -0.3 is 111 Å².